The molecule has 0 fully saturated rings. The maximum Gasteiger partial charge on any atom is 0.298 e. The van der Waals surface area contributed by atoms with Crippen molar-refractivity contribution in [2.75, 3.05) is 13.2 Å². The molecule has 2 aromatic carbocycles. The summed E-state index contributed by atoms with van der Waals surface area (Å²) >= 11 is 0. The average molecular weight is 371 g/mol. The lowest BCUT2D eigenvalue weighted by molar-refractivity contribution is 0.0772. The van der Waals surface area contributed by atoms with Crippen LogP contribution in [0.2, 0.25) is 0 Å². The molecule has 0 atom stereocenters. The van der Waals surface area contributed by atoms with Crippen molar-refractivity contribution in [2.24, 2.45) is 0 Å². The number of amides is 1. The van der Waals surface area contributed by atoms with Gasteiger partial charge in [0.25, 0.3) is 11.9 Å². The number of benzene rings is 2. The van der Waals surface area contributed by atoms with Crippen molar-refractivity contribution in [1.82, 2.24) is 4.90 Å². The molecule has 0 N–H and O–H groups in total. The van der Waals surface area contributed by atoms with Crippen molar-refractivity contribution in [3.63, 3.8) is 0 Å². The van der Waals surface area contributed by atoms with Crippen LogP contribution in [0, 0.1) is 11.8 Å². The topological polar surface area (TPSA) is 42.7 Å². The monoisotopic (exact) mass is 371 g/mol. The van der Waals surface area contributed by atoms with Crippen molar-refractivity contribution in [1.29, 1.82) is 0 Å². The van der Waals surface area contributed by atoms with Gasteiger partial charge >= 0.3 is 0 Å². The summed E-state index contributed by atoms with van der Waals surface area (Å²) in [6.45, 7) is 3.42. The Hall–Kier alpha value is -3.45. The minimum absolute atomic E-state index is 0.0501. The minimum Gasteiger partial charge on any atom is -0.465 e. The molecule has 2 heterocycles. The van der Waals surface area contributed by atoms with Crippen LogP contribution in [0.5, 0.6) is 5.95 Å². The van der Waals surface area contributed by atoms with Gasteiger partial charge in [0.1, 0.15) is 11.3 Å². The lowest BCUT2D eigenvalue weighted by Gasteiger charge is -2.14. The minimum atomic E-state index is -0.0501. The number of ether oxygens (including phenoxy) is 1. The van der Waals surface area contributed by atoms with Crippen LogP contribution >= 0.6 is 0 Å². The zero-order valence-corrected chi connectivity index (χ0v) is 15.8. The molecule has 4 nitrogen and oxygen atoms in total. The lowest BCUT2D eigenvalue weighted by Crippen LogP contribution is -2.25. The highest BCUT2D eigenvalue weighted by Crippen LogP contribution is 2.41. The molecule has 0 saturated heterocycles. The van der Waals surface area contributed by atoms with Gasteiger partial charge in [-0.3, -0.25) is 4.79 Å². The molecule has 0 radical (unpaired) electrons. The average Bonchev–Trinajstić information content (AvgIpc) is 3.25. The molecule has 4 heteroatoms. The van der Waals surface area contributed by atoms with Crippen LogP contribution in [0.15, 0.2) is 65.1 Å². The second-order valence-electron chi connectivity index (χ2n) is 6.52. The van der Waals surface area contributed by atoms with E-state index in [4.69, 9.17) is 9.15 Å². The summed E-state index contributed by atoms with van der Waals surface area (Å²) in [7, 11) is 0. The number of hydrogen-bond acceptors (Lipinski definition) is 3. The standard InChI is InChI=1S/C24H21NO3/c1-2-27-24-21-20(22(28-24)19-14-7-4-8-15-19)17-25(23(21)26)16-10-9-13-18-11-5-3-6-12-18/h3-8,11-12,14-15H,2,10,16-17H2,1H3. The van der Waals surface area contributed by atoms with Crippen LogP contribution in [-0.2, 0) is 6.54 Å². The zero-order valence-electron chi connectivity index (χ0n) is 15.8. The zero-order chi connectivity index (χ0) is 19.3. The van der Waals surface area contributed by atoms with Crippen LogP contribution in [0.25, 0.3) is 11.3 Å². The molecule has 0 saturated carbocycles. The Morgan fingerprint density at radius 3 is 2.50 bits per heavy atom. The van der Waals surface area contributed by atoms with Gasteiger partial charge in [-0.15, -0.1) is 0 Å². The molecule has 4 rings (SSSR count). The van der Waals surface area contributed by atoms with Gasteiger partial charge in [0, 0.05) is 29.7 Å². The van der Waals surface area contributed by atoms with E-state index in [0.29, 0.717) is 43.4 Å². The summed E-state index contributed by atoms with van der Waals surface area (Å²) in [6.07, 6.45) is 0.618. The summed E-state index contributed by atoms with van der Waals surface area (Å²) in [4.78, 5) is 14.8. The molecular weight excluding hydrogens is 350 g/mol. The molecule has 1 amide bonds. The van der Waals surface area contributed by atoms with Gasteiger partial charge in [-0.05, 0) is 19.1 Å². The first kappa shape index (κ1) is 17.9. The van der Waals surface area contributed by atoms with Gasteiger partial charge in [-0.1, -0.05) is 60.4 Å². The highest BCUT2D eigenvalue weighted by molar-refractivity contribution is 6.02. The third-order valence-corrected chi connectivity index (χ3v) is 4.65. The first-order valence-corrected chi connectivity index (χ1v) is 9.45. The summed E-state index contributed by atoms with van der Waals surface area (Å²) in [5.41, 5.74) is 3.38. The van der Waals surface area contributed by atoms with Crippen molar-refractivity contribution in [2.45, 2.75) is 19.9 Å². The van der Waals surface area contributed by atoms with Crippen molar-refractivity contribution >= 4 is 5.91 Å². The molecule has 0 aliphatic carbocycles. The summed E-state index contributed by atoms with van der Waals surface area (Å²) < 4.78 is 11.5. The SMILES string of the molecule is CCOc1oc(-c2ccccc2)c2c1C(=O)N(CCC#Cc1ccccc1)C2. The smallest absolute Gasteiger partial charge is 0.298 e. The van der Waals surface area contributed by atoms with Crippen LogP contribution in [0.1, 0.15) is 34.8 Å². The van der Waals surface area contributed by atoms with Gasteiger partial charge in [0.05, 0.1) is 13.2 Å². The summed E-state index contributed by atoms with van der Waals surface area (Å²) in [6, 6.07) is 19.7. The van der Waals surface area contributed by atoms with Crippen molar-refractivity contribution < 1.29 is 13.9 Å². The highest BCUT2D eigenvalue weighted by Gasteiger charge is 2.37. The van der Waals surface area contributed by atoms with Gasteiger partial charge in [-0.2, -0.15) is 0 Å². The van der Waals surface area contributed by atoms with Crippen LogP contribution in [-0.4, -0.2) is 24.0 Å². The fourth-order valence-electron chi connectivity index (χ4n) is 3.34. The predicted octanol–water partition coefficient (Wildman–Crippen LogP) is 4.74. The van der Waals surface area contributed by atoms with E-state index in [0.717, 1.165) is 16.7 Å². The third-order valence-electron chi connectivity index (χ3n) is 4.65. The number of carbonyl (C=O) groups excluding carboxylic acids is 1. The fourth-order valence-corrected chi connectivity index (χ4v) is 3.34. The van der Waals surface area contributed by atoms with Crippen molar-refractivity contribution in [3.8, 4) is 29.1 Å². The number of fused-ring (bicyclic) bond motifs is 1. The van der Waals surface area contributed by atoms with Gasteiger partial charge in [-0.25, -0.2) is 0 Å². The molecule has 3 aromatic rings. The molecule has 1 aromatic heterocycles. The van der Waals surface area contributed by atoms with E-state index in [9.17, 15) is 4.79 Å². The second-order valence-corrected chi connectivity index (χ2v) is 6.52. The van der Waals surface area contributed by atoms with E-state index in [2.05, 4.69) is 11.8 Å². The normalized spacial score (nSPS) is 12.5. The molecule has 28 heavy (non-hydrogen) atoms. The summed E-state index contributed by atoms with van der Waals surface area (Å²) in [5, 5.41) is 0. The Balaban J connectivity index is 1.53. The molecule has 0 bridgehead atoms. The van der Waals surface area contributed by atoms with E-state index in [1.54, 1.807) is 0 Å². The van der Waals surface area contributed by atoms with E-state index in [-0.39, 0.29) is 5.91 Å². The Labute approximate surface area is 164 Å². The molecule has 1 aliphatic rings. The Kier molecular flexibility index (Phi) is 5.16. The van der Waals surface area contributed by atoms with Gasteiger partial charge in [0.2, 0.25) is 0 Å². The Morgan fingerprint density at radius 1 is 1.07 bits per heavy atom. The largest absolute Gasteiger partial charge is 0.465 e. The second kappa shape index (κ2) is 8.06. The number of rotatable bonds is 5. The van der Waals surface area contributed by atoms with Crippen LogP contribution < -0.4 is 4.74 Å². The molecule has 1 aliphatic heterocycles. The number of carbonyl (C=O) groups is 1. The quantitative estimate of drug-likeness (QED) is 0.608. The molecule has 140 valence electrons. The number of furan rings is 1. The number of hydrogen-bond donors (Lipinski definition) is 0. The maximum atomic E-state index is 12.9. The lowest BCUT2D eigenvalue weighted by atomic mass is 10.1. The predicted molar refractivity (Wildman–Crippen MR) is 108 cm³/mol. The Bertz CT molecular complexity index is 1030. The molecule has 0 unspecified atom stereocenters. The van der Waals surface area contributed by atoms with E-state index < -0.39 is 0 Å². The Morgan fingerprint density at radius 2 is 1.79 bits per heavy atom. The maximum absolute atomic E-state index is 12.9. The highest BCUT2D eigenvalue weighted by atomic mass is 16.6. The van der Waals surface area contributed by atoms with E-state index >= 15 is 0 Å². The third kappa shape index (κ3) is 3.52. The molecule has 0 spiro atoms. The van der Waals surface area contributed by atoms with E-state index in [1.165, 1.54) is 0 Å². The van der Waals surface area contributed by atoms with Crippen LogP contribution in [0.3, 0.4) is 0 Å². The molecular formula is C24H21NO3. The number of nitrogens with zero attached hydrogens (tertiary/aromatic N) is 1. The summed E-state index contributed by atoms with van der Waals surface area (Å²) in [5.74, 6) is 7.27. The first-order valence-electron chi connectivity index (χ1n) is 9.45. The van der Waals surface area contributed by atoms with Crippen LogP contribution in [0.4, 0.5) is 0 Å². The van der Waals surface area contributed by atoms with E-state index in [1.807, 2.05) is 72.5 Å². The fraction of sp³-hybridized carbons (Fsp3) is 0.208. The van der Waals surface area contributed by atoms with Crippen molar-refractivity contribution in [3.05, 3.63) is 77.4 Å². The first-order chi connectivity index (χ1) is 13.8. The van der Waals surface area contributed by atoms with Gasteiger partial charge in [0.15, 0.2) is 0 Å². The van der Waals surface area contributed by atoms with Gasteiger partial charge < -0.3 is 14.1 Å².